The molecule has 0 aliphatic carbocycles. The predicted octanol–water partition coefficient (Wildman–Crippen LogP) is 5.50. The van der Waals surface area contributed by atoms with Crippen LogP contribution in [0.3, 0.4) is 0 Å². The first-order chi connectivity index (χ1) is 16.2. The van der Waals surface area contributed by atoms with Crippen LogP contribution in [-0.4, -0.2) is 24.3 Å². The fourth-order valence-electron chi connectivity index (χ4n) is 3.87. The Morgan fingerprint density at radius 3 is 2.18 bits per heavy atom. The van der Waals surface area contributed by atoms with Gasteiger partial charge in [0.15, 0.2) is 11.4 Å². The molecule has 0 bridgehead atoms. The summed E-state index contributed by atoms with van der Waals surface area (Å²) < 4.78 is 25.7. The average molecular weight is 494 g/mol. The number of hydrogen-bond donors (Lipinski definition) is 1. The lowest BCUT2D eigenvalue weighted by Crippen LogP contribution is -2.13. The maximum atomic E-state index is 12.0. The molecule has 0 radical (unpaired) electrons. The molecule has 0 aliphatic heterocycles. The Hall–Kier alpha value is -3.26. The number of carbonyl (C=O) groups is 1. The molecule has 174 valence electrons. The molecule has 0 fully saturated rings. The lowest BCUT2D eigenvalue weighted by Gasteiger charge is -2.12. The van der Waals surface area contributed by atoms with Crippen LogP contribution in [0.5, 0.6) is 0 Å². The van der Waals surface area contributed by atoms with Crippen molar-refractivity contribution in [3.8, 4) is 22.5 Å². The molecule has 8 heteroatoms. The molecule has 34 heavy (non-hydrogen) atoms. The first-order valence-electron chi connectivity index (χ1n) is 10.7. The van der Waals surface area contributed by atoms with Gasteiger partial charge in [-0.2, -0.15) is 0 Å². The molecular formula is C26H24ClN3O3S. The normalized spacial score (nSPS) is 11.7. The van der Waals surface area contributed by atoms with Gasteiger partial charge >= 0.3 is 0 Å². The van der Waals surface area contributed by atoms with Crippen LogP contribution in [0.4, 0.5) is 0 Å². The fraction of sp³-hybridized carbons (Fsp3) is 0.154. The predicted molar refractivity (Wildman–Crippen MR) is 135 cm³/mol. The van der Waals surface area contributed by atoms with Gasteiger partial charge in [0.2, 0.25) is 10.0 Å². The van der Waals surface area contributed by atoms with Crippen LogP contribution in [0.25, 0.3) is 22.5 Å². The van der Waals surface area contributed by atoms with Crippen LogP contribution in [0.1, 0.15) is 41.4 Å². The van der Waals surface area contributed by atoms with Gasteiger partial charge in [0.25, 0.3) is 0 Å². The Kier molecular flexibility index (Phi) is 6.70. The molecule has 0 amide bonds. The topological polar surface area (TPSA) is 95.0 Å². The third-order valence-corrected chi connectivity index (χ3v) is 6.96. The number of hydrogen-bond acceptors (Lipinski definition) is 4. The van der Waals surface area contributed by atoms with Crippen molar-refractivity contribution in [1.82, 2.24) is 9.55 Å². The Morgan fingerprint density at radius 2 is 1.59 bits per heavy atom. The van der Waals surface area contributed by atoms with Crippen LogP contribution in [0.2, 0.25) is 5.15 Å². The maximum Gasteiger partial charge on any atom is 0.238 e. The van der Waals surface area contributed by atoms with E-state index in [-0.39, 0.29) is 10.0 Å². The highest BCUT2D eigenvalue weighted by Gasteiger charge is 2.18. The molecule has 2 N–H and O–H groups in total. The van der Waals surface area contributed by atoms with Crippen molar-refractivity contribution < 1.29 is 13.2 Å². The Balaban J connectivity index is 1.70. The van der Waals surface area contributed by atoms with Gasteiger partial charge in [0, 0.05) is 17.7 Å². The summed E-state index contributed by atoms with van der Waals surface area (Å²) in [6, 6.07) is 22.1. The molecule has 0 saturated carbocycles. The quantitative estimate of drug-likeness (QED) is 0.344. The minimum absolute atomic E-state index is 0.0690. The number of nitrogens with two attached hydrogens (primary N) is 1. The molecule has 0 spiro atoms. The van der Waals surface area contributed by atoms with Crippen molar-refractivity contribution in [2.24, 2.45) is 5.14 Å². The number of nitrogens with zero attached hydrogens (tertiary/aromatic N) is 2. The zero-order valence-electron chi connectivity index (χ0n) is 18.8. The number of carbonyl (C=O) groups excluding carboxylic acids is 1. The number of aromatic nitrogens is 2. The Morgan fingerprint density at radius 1 is 0.971 bits per heavy atom. The van der Waals surface area contributed by atoms with Crippen molar-refractivity contribution >= 4 is 27.9 Å². The van der Waals surface area contributed by atoms with E-state index >= 15 is 0 Å². The van der Waals surface area contributed by atoms with Gasteiger partial charge in [0.1, 0.15) is 11.5 Å². The second-order valence-corrected chi connectivity index (χ2v) is 10.2. The van der Waals surface area contributed by atoms with E-state index in [1.165, 1.54) is 11.6 Å². The molecule has 4 aromatic rings. The van der Waals surface area contributed by atoms with Crippen molar-refractivity contribution in [1.29, 1.82) is 0 Å². The van der Waals surface area contributed by atoms with Gasteiger partial charge in [0.05, 0.1) is 4.90 Å². The van der Waals surface area contributed by atoms with Crippen molar-refractivity contribution in [2.75, 3.05) is 0 Å². The largest absolute Gasteiger partial charge is 0.316 e. The molecule has 1 aromatic heterocycles. The second-order valence-electron chi connectivity index (χ2n) is 8.33. The highest BCUT2D eigenvalue weighted by atomic mass is 35.5. The summed E-state index contributed by atoms with van der Waals surface area (Å²) in [6.07, 6.45) is 0.706. The first kappa shape index (κ1) is 23.9. The lowest BCUT2D eigenvalue weighted by molar-refractivity contribution is 0.111. The molecular weight excluding hydrogens is 470 g/mol. The van der Waals surface area contributed by atoms with Crippen LogP contribution in [0.15, 0.2) is 77.7 Å². The maximum absolute atomic E-state index is 12.0. The van der Waals surface area contributed by atoms with E-state index in [4.69, 9.17) is 16.7 Å². The van der Waals surface area contributed by atoms with Gasteiger partial charge in [-0.15, -0.1) is 0 Å². The summed E-state index contributed by atoms with van der Waals surface area (Å²) in [5.74, 6) is 1.01. The van der Waals surface area contributed by atoms with E-state index in [9.17, 15) is 13.2 Å². The van der Waals surface area contributed by atoms with Gasteiger partial charge < -0.3 is 4.57 Å². The summed E-state index contributed by atoms with van der Waals surface area (Å²) in [4.78, 5) is 16.3. The van der Waals surface area contributed by atoms with Crippen LogP contribution in [0, 0.1) is 0 Å². The van der Waals surface area contributed by atoms with Crippen molar-refractivity contribution in [3.63, 3.8) is 0 Å². The van der Waals surface area contributed by atoms with Crippen LogP contribution in [-0.2, 0) is 16.6 Å². The molecule has 3 aromatic carbocycles. The minimum atomic E-state index is -3.86. The summed E-state index contributed by atoms with van der Waals surface area (Å²) in [5.41, 5.74) is 4.51. The van der Waals surface area contributed by atoms with E-state index in [2.05, 4.69) is 18.8 Å². The Labute approximate surface area is 204 Å². The van der Waals surface area contributed by atoms with E-state index in [1.807, 2.05) is 48.5 Å². The van der Waals surface area contributed by atoms with E-state index in [1.54, 1.807) is 22.8 Å². The summed E-state index contributed by atoms with van der Waals surface area (Å²) >= 11 is 6.28. The van der Waals surface area contributed by atoms with Crippen molar-refractivity contribution in [2.45, 2.75) is 31.2 Å². The molecule has 0 unspecified atom stereocenters. The number of halogens is 1. The molecule has 6 nitrogen and oxygen atoms in total. The standard InChI is InChI=1S/C26H24ClN3O3S/c1-17(2)19-11-13-21(14-12-19)26-29-25(27)23(16-31)30(26)15-18-7-9-20(10-8-18)22-5-3-4-6-24(22)34(28,32)33/h3-14,16-17H,15H2,1-2H3,(H2,28,32,33). The summed E-state index contributed by atoms with van der Waals surface area (Å²) in [6.45, 7) is 4.62. The Bertz CT molecular complexity index is 1440. The van der Waals surface area contributed by atoms with Crippen molar-refractivity contribution in [3.05, 3.63) is 94.8 Å². The van der Waals surface area contributed by atoms with Crippen LogP contribution >= 0.6 is 11.6 Å². The number of primary sulfonamides is 1. The fourth-order valence-corrected chi connectivity index (χ4v) is 4.86. The lowest BCUT2D eigenvalue weighted by atomic mass is 10.0. The third kappa shape index (κ3) is 4.82. The molecule has 0 saturated heterocycles. The average Bonchev–Trinajstić information content (AvgIpc) is 3.13. The van der Waals surface area contributed by atoms with E-state index in [0.717, 1.165) is 16.7 Å². The zero-order chi connectivity index (χ0) is 24.5. The SMILES string of the molecule is CC(C)c1ccc(-c2nc(Cl)c(C=O)n2Cc2ccc(-c3ccccc3S(N)(=O)=O)cc2)cc1. The van der Waals surface area contributed by atoms with E-state index < -0.39 is 10.0 Å². The number of rotatable bonds is 7. The molecule has 4 rings (SSSR count). The third-order valence-electron chi connectivity index (χ3n) is 5.71. The minimum Gasteiger partial charge on any atom is -0.316 e. The molecule has 1 heterocycles. The van der Waals surface area contributed by atoms with Gasteiger partial charge in [-0.25, -0.2) is 18.5 Å². The number of aldehydes is 1. The monoisotopic (exact) mass is 493 g/mol. The second kappa shape index (κ2) is 9.54. The van der Waals surface area contributed by atoms with Gasteiger partial charge in [-0.1, -0.05) is 92.2 Å². The van der Waals surface area contributed by atoms with Gasteiger partial charge in [-0.05, 0) is 28.7 Å². The smallest absolute Gasteiger partial charge is 0.238 e. The first-order valence-corrected chi connectivity index (χ1v) is 12.6. The number of benzene rings is 3. The summed E-state index contributed by atoms with van der Waals surface area (Å²) in [7, 11) is -3.86. The zero-order valence-corrected chi connectivity index (χ0v) is 20.3. The summed E-state index contributed by atoms with van der Waals surface area (Å²) in [5, 5.41) is 5.52. The van der Waals surface area contributed by atoms with Gasteiger partial charge in [-0.3, -0.25) is 4.79 Å². The number of sulfonamides is 1. The van der Waals surface area contributed by atoms with Crippen LogP contribution < -0.4 is 5.14 Å². The van der Waals surface area contributed by atoms with E-state index in [0.29, 0.717) is 35.8 Å². The number of imidazole rings is 1. The highest BCUT2D eigenvalue weighted by Crippen LogP contribution is 2.29. The molecule has 0 atom stereocenters. The molecule has 0 aliphatic rings. The highest BCUT2D eigenvalue weighted by molar-refractivity contribution is 7.89.